The molecule has 3 nitrogen and oxygen atoms in total. The van der Waals surface area contributed by atoms with Crippen molar-refractivity contribution in [2.45, 2.75) is 25.5 Å². The minimum atomic E-state index is 0.00866. The van der Waals surface area contributed by atoms with Gasteiger partial charge in [0, 0.05) is 11.8 Å². The fourth-order valence-corrected chi connectivity index (χ4v) is 1.36. The molecule has 0 aliphatic rings. The lowest BCUT2D eigenvalue weighted by Crippen LogP contribution is -2.28. The summed E-state index contributed by atoms with van der Waals surface area (Å²) in [6, 6.07) is 0. The number of rotatable bonds is 6. The third kappa shape index (κ3) is 6.49. The van der Waals surface area contributed by atoms with Crippen molar-refractivity contribution in [2.75, 3.05) is 18.9 Å². The molecule has 0 fully saturated rings. The molecule has 1 atom stereocenters. The number of aliphatic hydroxyl groups excluding tert-OH is 1. The van der Waals surface area contributed by atoms with Gasteiger partial charge in [-0.1, -0.05) is 13.8 Å². The fourth-order valence-electron chi connectivity index (χ4n) is 0.582. The van der Waals surface area contributed by atoms with Crippen molar-refractivity contribution in [3.8, 4) is 0 Å². The largest absolute Gasteiger partial charge is 0.395 e. The molecule has 0 radical (unpaired) electrons. The number of hydrogen-bond donors (Lipinski definition) is 2. The van der Waals surface area contributed by atoms with Crippen molar-refractivity contribution in [1.29, 1.82) is 0 Å². The third-order valence-electron chi connectivity index (χ3n) is 1.51. The first-order chi connectivity index (χ1) is 5.70. The van der Waals surface area contributed by atoms with Crippen molar-refractivity contribution in [3.63, 3.8) is 0 Å². The van der Waals surface area contributed by atoms with Crippen molar-refractivity contribution < 1.29 is 9.90 Å². The van der Waals surface area contributed by atoms with Gasteiger partial charge < -0.3 is 10.4 Å². The summed E-state index contributed by atoms with van der Waals surface area (Å²) in [5.41, 5.74) is 0. The maximum atomic E-state index is 11.0. The van der Waals surface area contributed by atoms with E-state index in [0.717, 1.165) is 6.42 Å². The summed E-state index contributed by atoms with van der Waals surface area (Å²) >= 11 is 1.64. The average molecular weight is 191 g/mol. The van der Waals surface area contributed by atoms with Gasteiger partial charge in [-0.15, -0.1) is 11.8 Å². The van der Waals surface area contributed by atoms with Gasteiger partial charge in [0.05, 0.1) is 12.4 Å². The lowest BCUT2D eigenvalue weighted by atomic mass is 10.4. The van der Waals surface area contributed by atoms with Crippen LogP contribution in [-0.2, 0) is 4.79 Å². The number of nitrogens with one attached hydrogen (secondary N) is 1. The highest BCUT2D eigenvalue weighted by Gasteiger charge is 2.03. The lowest BCUT2D eigenvalue weighted by molar-refractivity contribution is -0.118. The van der Waals surface area contributed by atoms with Crippen LogP contribution in [0, 0.1) is 0 Å². The van der Waals surface area contributed by atoms with Crippen molar-refractivity contribution in [3.05, 3.63) is 0 Å². The van der Waals surface area contributed by atoms with E-state index in [0.29, 0.717) is 17.5 Å². The van der Waals surface area contributed by atoms with Gasteiger partial charge in [0.15, 0.2) is 0 Å². The molecule has 0 aliphatic heterocycles. The van der Waals surface area contributed by atoms with E-state index < -0.39 is 0 Å². The van der Waals surface area contributed by atoms with E-state index in [2.05, 4.69) is 19.2 Å². The van der Waals surface area contributed by atoms with E-state index in [1.54, 1.807) is 11.8 Å². The number of carbonyl (C=O) groups is 1. The Morgan fingerprint density at radius 2 is 2.33 bits per heavy atom. The Labute approximate surface area is 77.9 Å². The second-order valence-corrected chi connectivity index (χ2v) is 4.03. The molecule has 0 spiro atoms. The molecule has 1 unspecified atom stereocenters. The summed E-state index contributed by atoms with van der Waals surface area (Å²) in [5, 5.41) is 11.6. The van der Waals surface area contributed by atoms with Crippen LogP contribution in [0.5, 0.6) is 0 Å². The van der Waals surface area contributed by atoms with E-state index >= 15 is 0 Å². The van der Waals surface area contributed by atoms with Gasteiger partial charge in [0.2, 0.25) is 5.91 Å². The number of carbonyl (C=O) groups excluding carboxylic acids is 1. The van der Waals surface area contributed by atoms with E-state index in [4.69, 9.17) is 5.11 Å². The van der Waals surface area contributed by atoms with Crippen LogP contribution in [0.15, 0.2) is 0 Å². The summed E-state index contributed by atoms with van der Waals surface area (Å²) in [6.07, 6.45) is 1.08. The average Bonchev–Trinajstić information content (AvgIpc) is 2.10. The van der Waals surface area contributed by atoms with Crippen molar-refractivity contribution in [2.24, 2.45) is 0 Å². The predicted octanol–water partition coefficient (Wildman–Crippen LogP) is 0.627. The molecule has 0 saturated carbocycles. The number of aliphatic hydroxyl groups is 1. The number of thioether (sulfide) groups is 1. The number of amides is 1. The minimum Gasteiger partial charge on any atom is -0.395 e. The maximum Gasteiger partial charge on any atom is 0.230 e. The predicted molar refractivity (Wildman–Crippen MR) is 52.3 cm³/mol. The minimum absolute atomic E-state index is 0.00866. The van der Waals surface area contributed by atoms with Gasteiger partial charge in [-0.05, 0) is 6.42 Å². The topological polar surface area (TPSA) is 49.3 Å². The van der Waals surface area contributed by atoms with Gasteiger partial charge in [-0.25, -0.2) is 0 Å². The summed E-state index contributed by atoms with van der Waals surface area (Å²) < 4.78 is 0. The van der Waals surface area contributed by atoms with Gasteiger partial charge >= 0.3 is 0 Å². The molecule has 0 rings (SSSR count). The Balaban J connectivity index is 3.31. The summed E-state index contributed by atoms with van der Waals surface area (Å²) in [4.78, 5) is 11.0. The molecule has 1 amide bonds. The SMILES string of the molecule is CCC(C)SCC(=O)NCCO. The normalized spacial score (nSPS) is 12.6. The van der Waals surface area contributed by atoms with Crippen molar-refractivity contribution >= 4 is 17.7 Å². The van der Waals surface area contributed by atoms with Gasteiger partial charge in [0.1, 0.15) is 0 Å². The molecule has 2 N–H and O–H groups in total. The van der Waals surface area contributed by atoms with E-state index in [1.165, 1.54) is 0 Å². The van der Waals surface area contributed by atoms with Crippen LogP contribution in [0.4, 0.5) is 0 Å². The van der Waals surface area contributed by atoms with Gasteiger partial charge in [-0.2, -0.15) is 0 Å². The van der Waals surface area contributed by atoms with Crippen LogP contribution in [-0.4, -0.2) is 35.2 Å². The quantitative estimate of drug-likeness (QED) is 0.647. The molecular weight excluding hydrogens is 174 g/mol. The summed E-state index contributed by atoms with van der Waals surface area (Å²) in [7, 11) is 0. The van der Waals surface area contributed by atoms with Crippen LogP contribution in [0.25, 0.3) is 0 Å². The summed E-state index contributed by atoms with van der Waals surface area (Å²) in [6.45, 7) is 4.58. The highest BCUT2D eigenvalue weighted by Crippen LogP contribution is 2.12. The second-order valence-electron chi connectivity index (χ2n) is 2.60. The Kier molecular flexibility index (Phi) is 7.29. The zero-order chi connectivity index (χ0) is 9.40. The molecular formula is C8H17NO2S. The van der Waals surface area contributed by atoms with Crippen LogP contribution in [0.2, 0.25) is 0 Å². The smallest absolute Gasteiger partial charge is 0.230 e. The van der Waals surface area contributed by atoms with Crippen LogP contribution in [0.1, 0.15) is 20.3 Å². The van der Waals surface area contributed by atoms with Gasteiger partial charge in [0.25, 0.3) is 0 Å². The first-order valence-electron chi connectivity index (χ1n) is 4.19. The molecule has 0 aromatic rings. The second kappa shape index (κ2) is 7.43. The molecule has 0 saturated heterocycles. The van der Waals surface area contributed by atoms with Gasteiger partial charge in [-0.3, -0.25) is 4.79 Å². The molecule has 4 heteroatoms. The first kappa shape index (κ1) is 11.8. The lowest BCUT2D eigenvalue weighted by Gasteiger charge is -2.07. The van der Waals surface area contributed by atoms with Crippen LogP contribution < -0.4 is 5.32 Å². The van der Waals surface area contributed by atoms with E-state index in [1.807, 2.05) is 0 Å². The van der Waals surface area contributed by atoms with Crippen LogP contribution in [0.3, 0.4) is 0 Å². The molecule has 72 valence electrons. The Morgan fingerprint density at radius 1 is 1.67 bits per heavy atom. The highest BCUT2D eigenvalue weighted by molar-refractivity contribution is 8.00. The molecule has 0 bridgehead atoms. The fraction of sp³-hybridized carbons (Fsp3) is 0.875. The molecule has 12 heavy (non-hydrogen) atoms. The van der Waals surface area contributed by atoms with E-state index in [-0.39, 0.29) is 12.5 Å². The first-order valence-corrected chi connectivity index (χ1v) is 5.24. The summed E-state index contributed by atoms with van der Waals surface area (Å²) in [5.74, 6) is 0.504. The monoisotopic (exact) mass is 191 g/mol. The van der Waals surface area contributed by atoms with Crippen molar-refractivity contribution in [1.82, 2.24) is 5.32 Å². The standard InChI is InChI=1S/C8H17NO2S/c1-3-7(2)12-6-8(11)9-4-5-10/h7,10H,3-6H2,1-2H3,(H,9,11). The Hall–Kier alpha value is -0.220. The number of hydrogen-bond acceptors (Lipinski definition) is 3. The molecule has 0 heterocycles. The molecule has 0 aliphatic carbocycles. The zero-order valence-electron chi connectivity index (χ0n) is 7.67. The zero-order valence-corrected chi connectivity index (χ0v) is 8.49. The Bertz CT molecular complexity index is 130. The Morgan fingerprint density at radius 3 is 2.83 bits per heavy atom. The third-order valence-corrected chi connectivity index (χ3v) is 2.84. The van der Waals surface area contributed by atoms with E-state index in [9.17, 15) is 4.79 Å². The maximum absolute atomic E-state index is 11.0. The molecule has 0 aromatic carbocycles. The highest BCUT2D eigenvalue weighted by atomic mass is 32.2. The molecule has 0 aromatic heterocycles. The van der Waals surface area contributed by atoms with Crippen LogP contribution >= 0.6 is 11.8 Å².